The van der Waals surface area contributed by atoms with Gasteiger partial charge in [-0.3, -0.25) is 0 Å². The highest BCUT2D eigenvalue weighted by Crippen LogP contribution is 2.31. The first kappa shape index (κ1) is 15.3. The lowest BCUT2D eigenvalue weighted by Gasteiger charge is -2.26. The summed E-state index contributed by atoms with van der Waals surface area (Å²) in [4.78, 5) is 0. The molecule has 0 fully saturated rings. The maximum Gasteiger partial charge on any atom is 0.157 e. The number of rotatable bonds is 3. The largest absolute Gasteiger partial charge is 0.504 e. The first-order valence-corrected chi connectivity index (χ1v) is 7.63. The van der Waals surface area contributed by atoms with Gasteiger partial charge in [-0.2, -0.15) is 0 Å². The van der Waals surface area contributed by atoms with Gasteiger partial charge >= 0.3 is 0 Å². The minimum absolute atomic E-state index is 0.0916. The normalized spacial score (nSPS) is 17.1. The predicted octanol–water partition coefficient (Wildman–Crippen LogP) is 3.50. The van der Waals surface area contributed by atoms with Crippen molar-refractivity contribution in [3.05, 3.63) is 51.5 Å². The fraction of sp³-hybridized carbons (Fsp3) is 0.250. The summed E-state index contributed by atoms with van der Waals surface area (Å²) in [5.41, 5.74) is 2.00. The van der Waals surface area contributed by atoms with Crippen LogP contribution in [0.15, 0.2) is 30.3 Å². The van der Waals surface area contributed by atoms with Gasteiger partial charge in [0.15, 0.2) is 11.5 Å². The third kappa shape index (κ3) is 3.24. The van der Waals surface area contributed by atoms with Crippen LogP contribution in [0.3, 0.4) is 0 Å². The molecule has 3 N–H and O–H groups in total. The monoisotopic (exact) mass is 339 g/mol. The maximum atomic E-state index is 9.60. The van der Waals surface area contributed by atoms with Crippen molar-refractivity contribution in [3.63, 3.8) is 0 Å². The van der Waals surface area contributed by atoms with Crippen LogP contribution in [0.4, 0.5) is 0 Å². The molecular weight excluding hydrogens is 325 g/mol. The van der Waals surface area contributed by atoms with Gasteiger partial charge in [0.1, 0.15) is 12.4 Å². The molecule has 1 aliphatic heterocycles. The van der Waals surface area contributed by atoms with Gasteiger partial charge in [0, 0.05) is 18.7 Å². The van der Waals surface area contributed by atoms with Gasteiger partial charge in [-0.1, -0.05) is 23.2 Å². The minimum Gasteiger partial charge on any atom is -0.504 e. The van der Waals surface area contributed by atoms with E-state index in [-0.39, 0.29) is 17.5 Å². The summed E-state index contributed by atoms with van der Waals surface area (Å²) in [5, 5.41) is 23.4. The van der Waals surface area contributed by atoms with Crippen molar-refractivity contribution in [3.8, 4) is 17.2 Å². The number of ether oxygens (including phenoxy) is 1. The van der Waals surface area contributed by atoms with Gasteiger partial charge in [0.2, 0.25) is 0 Å². The molecule has 22 heavy (non-hydrogen) atoms. The van der Waals surface area contributed by atoms with E-state index in [9.17, 15) is 10.2 Å². The van der Waals surface area contributed by atoms with E-state index in [0.717, 1.165) is 11.1 Å². The second-order valence-corrected chi connectivity index (χ2v) is 6.09. The molecule has 3 rings (SSSR count). The molecule has 2 aromatic carbocycles. The molecule has 0 saturated carbocycles. The average Bonchev–Trinajstić information content (AvgIpc) is 2.50. The molecule has 0 spiro atoms. The van der Waals surface area contributed by atoms with Crippen molar-refractivity contribution in [1.29, 1.82) is 0 Å². The summed E-state index contributed by atoms with van der Waals surface area (Å²) >= 11 is 11.8. The van der Waals surface area contributed by atoms with Gasteiger partial charge in [0.05, 0.1) is 10.0 Å². The number of phenolic OH excluding ortho intramolecular Hbond substituents is 2. The van der Waals surface area contributed by atoms with Crippen molar-refractivity contribution < 1.29 is 14.9 Å². The van der Waals surface area contributed by atoms with E-state index >= 15 is 0 Å². The highest BCUT2D eigenvalue weighted by Gasteiger charge is 2.20. The molecule has 0 radical (unpaired) electrons. The maximum absolute atomic E-state index is 9.60. The number of phenols is 2. The summed E-state index contributed by atoms with van der Waals surface area (Å²) in [5.74, 6) is 0.478. The average molecular weight is 340 g/mol. The van der Waals surface area contributed by atoms with Crippen LogP contribution in [0.1, 0.15) is 11.1 Å². The lowest BCUT2D eigenvalue weighted by atomic mass is 9.95. The van der Waals surface area contributed by atoms with Crippen LogP contribution in [-0.2, 0) is 13.0 Å². The van der Waals surface area contributed by atoms with Crippen molar-refractivity contribution in [2.45, 2.75) is 19.0 Å². The van der Waals surface area contributed by atoms with Crippen LogP contribution >= 0.6 is 23.2 Å². The third-order valence-electron chi connectivity index (χ3n) is 3.69. The molecule has 0 aliphatic carbocycles. The Morgan fingerprint density at radius 1 is 1.05 bits per heavy atom. The van der Waals surface area contributed by atoms with Crippen molar-refractivity contribution in [2.24, 2.45) is 0 Å². The zero-order valence-corrected chi connectivity index (χ0v) is 13.2. The lowest BCUT2D eigenvalue weighted by molar-refractivity contribution is 0.256. The number of nitrogens with one attached hydrogen (secondary N) is 1. The summed E-state index contributed by atoms with van der Waals surface area (Å²) in [6, 6.07) is 8.47. The summed E-state index contributed by atoms with van der Waals surface area (Å²) in [6.07, 6.45) is 0.713. The zero-order valence-electron chi connectivity index (χ0n) is 11.6. The van der Waals surface area contributed by atoms with Gasteiger partial charge in [-0.25, -0.2) is 0 Å². The standard InChI is InChI=1S/C16H15Cl2NO3/c17-13-2-1-12(6-14(13)18)22-8-11-3-9-4-15(20)16(21)5-10(9)7-19-11/h1-2,4-6,11,19-21H,3,7-8H2. The van der Waals surface area contributed by atoms with E-state index < -0.39 is 0 Å². The second kappa shape index (κ2) is 6.24. The molecule has 1 unspecified atom stereocenters. The Labute approximate surface area is 138 Å². The van der Waals surface area contributed by atoms with Crippen LogP contribution in [0.25, 0.3) is 0 Å². The Morgan fingerprint density at radius 3 is 2.50 bits per heavy atom. The van der Waals surface area contributed by atoms with Crippen LogP contribution in [0, 0.1) is 0 Å². The van der Waals surface area contributed by atoms with Crippen molar-refractivity contribution in [1.82, 2.24) is 5.32 Å². The fourth-order valence-electron chi connectivity index (χ4n) is 2.49. The molecule has 0 aromatic heterocycles. The quantitative estimate of drug-likeness (QED) is 0.749. The molecule has 1 atom stereocenters. The van der Waals surface area contributed by atoms with E-state index in [1.807, 2.05) is 0 Å². The smallest absolute Gasteiger partial charge is 0.157 e. The van der Waals surface area contributed by atoms with Crippen LogP contribution in [0.2, 0.25) is 10.0 Å². The molecule has 0 bridgehead atoms. The predicted molar refractivity (Wildman–Crippen MR) is 86.1 cm³/mol. The molecule has 4 nitrogen and oxygen atoms in total. The van der Waals surface area contributed by atoms with E-state index in [0.29, 0.717) is 35.4 Å². The molecule has 0 amide bonds. The minimum atomic E-state index is -0.0928. The molecular formula is C16H15Cl2NO3. The van der Waals surface area contributed by atoms with E-state index in [1.54, 1.807) is 30.3 Å². The lowest BCUT2D eigenvalue weighted by Crippen LogP contribution is -2.39. The summed E-state index contributed by atoms with van der Waals surface area (Å²) in [7, 11) is 0. The van der Waals surface area contributed by atoms with Gasteiger partial charge in [-0.05, 0) is 41.8 Å². The molecule has 116 valence electrons. The third-order valence-corrected chi connectivity index (χ3v) is 4.43. The summed E-state index contributed by atoms with van der Waals surface area (Å²) in [6.45, 7) is 1.09. The van der Waals surface area contributed by atoms with E-state index in [1.165, 1.54) is 0 Å². The Morgan fingerprint density at radius 2 is 1.77 bits per heavy atom. The molecule has 0 saturated heterocycles. The van der Waals surface area contributed by atoms with E-state index in [4.69, 9.17) is 27.9 Å². The number of aromatic hydroxyl groups is 2. The summed E-state index contributed by atoms with van der Waals surface area (Å²) < 4.78 is 5.73. The van der Waals surface area contributed by atoms with Gasteiger partial charge in [0.25, 0.3) is 0 Å². The van der Waals surface area contributed by atoms with Gasteiger partial charge < -0.3 is 20.3 Å². The highest BCUT2D eigenvalue weighted by molar-refractivity contribution is 6.42. The molecule has 1 aliphatic rings. The Kier molecular flexibility index (Phi) is 4.34. The van der Waals surface area contributed by atoms with Crippen molar-refractivity contribution >= 4 is 23.2 Å². The molecule has 1 heterocycles. The topological polar surface area (TPSA) is 61.7 Å². The van der Waals surface area contributed by atoms with Gasteiger partial charge in [-0.15, -0.1) is 0 Å². The first-order chi connectivity index (χ1) is 10.5. The second-order valence-electron chi connectivity index (χ2n) is 5.28. The zero-order chi connectivity index (χ0) is 15.7. The van der Waals surface area contributed by atoms with E-state index in [2.05, 4.69) is 5.32 Å². The number of halogens is 2. The number of hydrogen-bond acceptors (Lipinski definition) is 4. The Bertz CT molecular complexity index is 706. The molecule has 2 aromatic rings. The van der Waals surface area contributed by atoms with Crippen molar-refractivity contribution in [2.75, 3.05) is 6.61 Å². The van der Waals surface area contributed by atoms with Crippen LogP contribution in [-0.4, -0.2) is 22.9 Å². The van der Waals surface area contributed by atoms with Crippen LogP contribution in [0.5, 0.6) is 17.2 Å². The van der Waals surface area contributed by atoms with Crippen LogP contribution < -0.4 is 10.1 Å². The highest BCUT2D eigenvalue weighted by atomic mass is 35.5. The SMILES string of the molecule is Oc1cc2c(cc1O)CC(COc1ccc(Cl)c(Cl)c1)NC2. The number of fused-ring (bicyclic) bond motifs is 1. The number of hydrogen-bond donors (Lipinski definition) is 3. The Balaban J connectivity index is 1.65. The Hall–Kier alpha value is -1.62. The first-order valence-electron chi connectivity index (χ1n) is 6.88. The fourth-order valence-corrected chi connectivity index (χ4v) is 2.78. The number of benzene rings is 2. The molecule has 6 heteroatoms.